The Bertz CT molecular complexity index is 565. The maximum Gasteiger partial charge on any atom is 0.328 e. The molecule has 0 saturated heterocycles. The van der Waals surface area contributed by atoms with Gasteiger partial charge in [-0.05, 0) is 58.3 Å². The highest BCUT2D eigenvalue weighted by Crippen LogP contribution is 2.33. The summed E-state index contributed by atoms with van der Waals surface area (Å²) < 4.78 is 10.9. The number of nitriles is 2. The average molecular weight is 346 g/mol. The van der Waals surface area contributed by atoms with Crippen LogP contribution in [-0.2, 0) is 19.1 Å². The molecular weight excluding hydrogens is 320 g/mol. The van der Waals surface area contributed by atoms with E-state index in [1.54, 1.807) is 6.07 Å². The summed E-state index contributed by atoms with van der Waals surface area (Å²) in [4.78, 5) is 25.0. The van der Waals surface area contributed by atoms with Crippen molar-refractivity contribution in [3.63, 3.8) is 0 Å². The van der Waals surface area contributed by atoms with Crippen LogP contribution in [0.2, 0.25) is 0 Å². The largest absolute Gasteiger partial charge is 0.461 e. The fourth-order valence-electron chi connectivity index (χ4n) is 3.52. The summed E-state index contributed by atoms with van der Waals surface area (Å²) in [6.07, 6.45) is 8.73. The first kappa shape index (κ1) is 19.2. The summed E-state index contributed by atoms with van der Waals surface area (Å²) >= 11 is 0. The van der Waals surface area contributed by atoms with E-state index in [0.29, 0.717) is 0 Å². The normalized spacial score (nSPS) is 22.7. The van der Waals surface area contributed by atoms with Gasteiger partial charge in [-0.15, -0.1) is 0 Å². The lowest BCUT2D eigenvalue weighted by Gasteiger charge is -2.29. The molecule has 0 aromatic rings. The third-order valence-corrected chi connectivity index (χ3v) is 5.26. The number of carbonyl (C=O) groups is 2. The molecule has 2 saturated carbocycles. The standard InChI is InChI=1S/C19H26N2O4/c1-19(13-21,18(23)25-15-10-6-3-7-11-15)16(12-20)17(22)24-14-8-4-2-5-9-14/h14-16H,2-11H2,1H3. The van der Waals surface area contributed by atoms with E-state index in [1.165, 1.54) is 6.92 Å². The van der Waals surface area contributed by atoms with Crippen molar-refractivity contribution in [1.82, 2.24) is 0 Å². The van der Waals surface area contributed by atoms with Crippen molar-refractivity contribution in [1.29, 1.82) is 10.5 Å². The summed E-state index contributed by atoms with van der Waals surface area (Å²) in [6.45, 7) is 1.30. The van der Waals surface area contributed by atoms with Gasteiger partial charge < -0.3 is 9.47 Å². The van der Waals surface area contributed by atoms with Gasteiger partial charge in [-0.3, -0.25) is 9.59 Å². The van der Waals surface area contributed by atoms with Crippen molar-refractivity contribution >= 4 is 11.9 Å². The van der Waals surface area contributed by atoms with Crippen LogP contribution in [0.25, 0.3) is 0 Å². The Morgan fingerprint density at radius 1 is 0.920 bits per heavy atom. The fraction of sp³-hybridized carbons (Fsp3) is 0.789. The highest BCUT2D eigenvalue weighted by Gasteiger charge is 2.50. The molecule has 0 radical (unpaired) electrons. The van der Waals surface area contributed by atoms with E-state index in [9.17, 15) is 20.1 Å². The van der Waals surface area contributed by atoms with E-state index in [4.69, 9.17) is 9.47 Å². The van der Waals surface area contributed by atoms with Gasteiger partial charge in [0.05, 0.1) is 12.1 Å². The van der Waals surface area contributed by atoms with Crippen LogP contribution in [0.4, 0.5) is 0 Å². The van der Waals surface area contributed by atoms with Crippen molar-refractivity contribution in [2.75, 3.05) is 0 Å². The molecule has 0 spiro atoms. The molecule has 2 fully saturated rings. The van der Waals surface area contributed by atoms with E-state index < -0.39 is 23.3 Å². The van der Waals surface area contributed by atoms with Crippen LogP contribution >= 0.6 is 0 Å². The molecule has 2 rings (SSSR count). The minimum Gasteiger partial charge on any atom is -0.461 e. The Morgan fingerprint density at radius 2 is 1.40 bits per heavy atom. The van der Waals surface area contributed by atoms with Crippen LogP contribution in [0.3, 0.4) is 0 Å². The first-order valence-electron chi connectivity index (χ1n) is 9.23. The monoisotopic (exact) mass is 346 g/mol. The number of esters is 2. The molecule has 0 bridgehead atoms. The molecule has 6 nitrogen and oxygen atoms in total. The Morgan fingerprint density at radius 3 is 1.84 bits per heavy atom. The van der Waals surface area contributed by atoms with Crippen LogP contribution in [-0.4, -0.2) is 24.1 Å². The lowest BCUT2D eigenvalue weighted by Crippen LogP contribution is -2.43. The second-order valence-corrected chi connectivity index (χ2v) is 7.24. The third kappa shape index (κ3) is 4.72. The van der Waals surface area contributed by atoms with Gasteiger partial charge in [0.25, 0.3) is 0 Å². The minimum atomic E-state index is -1.85. The number of hydrogen-bond donors (Lipinski definition) is 0. The lowest BCUT2D eigenvalue weighted by molar-refractivity contribution is -0.169. The first-order chi connectivity index (χ1) is 12.0. The maximum absolute atomic E-state index is 12.6. The molecule has 0 aromatic carbocycles. The second kappa shape index (κ2) is 8.85. The zero-order valence-electron chi connectivity index (χ0n) is 14.8. The Kier molecular flexibility index (Phi) is 6.82. The zero-order valence-corrected chi connectivity index (χ0v) is 14.8. The highest BCUT2D eigenvalue weighted by molar-refractivity contribution is 5.89. The van der Waals surface area contributed by atoms with Crippen LogP contribution in [0, 0.1) is 34.0 Å². The van der Waals surface area contributed by atoms with Gasteiger partial charge in [0, 0.05) is 0 Å². The summed E-state index contributed by atoms with van der Waals surface area (Å²) in [5.41, 5.74) is -1.85. The van der Waals surface area contributed by atoms with Crippen LogP contribution in [0.5, 0.6) is 0 Å². The van der Waals surface area contributed by atoms with E-state index in [-0.39, 0.29) is 12.2 Å². The van der Waals surface area contributed by atoms with Crippen LogP contribution in [0.1, 0.15) is 71.1 Å². The second-order valence-electron chi connectivity index (χ2n) is 7.24. The van der Waals surface area contributed by atoms with Crippen LogP contribution in [0.15, 0.2) is 0 Å². The molecule has 6 heteroatoms. The molecular formula is C19H26N2O4. The number of hydrogen-bond acceptors (Lipinski definition) is 6. The maximum atomic E-state index is 12.6. The summed E-state index contributed by atoms with van der Waals surface area (Å²) in [5.74, 6) is -3.07. The predicted molar refractivity (Wildman–Crippen MR) is 88.8 cm³/mol. The summed E-state index contributed by atoms with van der Waals surface area (Å²) in [7, 11) is 0. The molecule has 0 heterocycles. The number of ether oxygens (including phenoxy) is 2. The number of nitrogens with zero attached hydrogens (tertiary/aromatic N) is 2. The smallest absolute Gasteiger partial charge is 0.328 e. The van der Waals surface area contributed by atoms with E-state index in [1.807, 2.05) is 6.07 Å². The average Bonchev–Trinajstić information content (AvgIpc) is 2.63. The number of rotatable bonds is 5. The van der Waals surface area contributed by atoms with E-state index in [2.05, 4.69) is 0 Å². The molecule has 136 valence electrons. The van der Waals surface area contributed by atoms with Gasteiger partial charge in [-0.1, -0.05) is 12.8 Å². The molecule has 0 aliphatic heterocycles. The minimum absolute atomic E-state index is 0.227. The van der Waals surface area contributed by atoms with Crippen molar-refractivity contribution in [3.05, 3.63) is 0 Å². The Hall–Kier alpha value is -2.08. The highest BCUT2D eigenvalue weighted by atomic mass is 16.6. The van der Waals surface area contributed by atoms with Crippen molar-refractivity contribution in [3.8, 4) is 12.1 Å². The van der Waals surface area contributed by atoms with Gasteiger partial charge in [-0.2, -0.15) is 10.5 Å². The zero-order chi connectivity index (χ0) is 18.3. The molecule has 0 N–H and O–H groups in total. The van der Waals surface area contributed by atoms with E-state index in [0.717, 1.165) is 64.2 Å². The van der Waals surface area contributed by atoms with Gasteiger partial charge in [0.1, 0.15) is 12.2 Å². The SMILES string of the molecule is CC(C#N)(C(=O)OC1CCCCC1)C(C#N)C(=O)OC1CCCCC1. The molecule has 0 amide bonds. The summed E-state index contributed by atoms with van der Waals surface area (Å²) in [5, 5.41) is 19.0. The van der Waals surface area contributed by atoms with Crippen molar-refractivity contribution in [2.24, 2.45) is 11.3 Å². The molecule has 2 atom stereocenters. The lowest BCUT2D eigenvalue weighted by atomic mass is 9.78. The molecule has 0 aromatic heterocycles. The third-order valence-electron chi connectivity index (χ3n) is 5.26. The van der Waals surface area contributed by atoms with Crippen LogP contribution < -0.4 is 0 Å². The van der Waals surface area contributed by atoms with Crippen molar-refractivity contribution in [2.45, 2.75) is 83.3 Å². The Labute approximate surface area is 149 Å². The Balaban J connectivity index is 2.05. The fourth-order valence-corrected chi connectivity index (χ4v) is 3.52. The van der Waals surface area contributed by atoms with Gasteiger partial charge in [0.15, 0.2) is 11.3 Å². The molecule has 2 unspecified atom stereocenters. The van der Waals surface area contributed by atoms with Gasteiger partial charge in [-0.25, -0.2) is 0 Å². The molecule has 2 aliphatic carbocycles. The summed E-state index contributed by atoms with van der Waals surface area (Å²) in [6, 6.07) is 3.64. The van der Waals surface area contributed by atoms with Gasteiger partial charge >= 0.3 is 11.9 Å². The topological polar surface area (TPSA) is 100 Å². The number of carbonyl (C=O) groups excluding carboxylic acids is 2. The predicted octanol–water partition coefficient (Wildman–Crippen LogP) is 3.41. The van der Waals surface area contributed by atoms with E-state index >= 15 is 0 Å². The van der Waals surface area contributed by atoms with Crippen molar-refractivity contribution < 1.29 is 19.1 Å². The first-order valence-corrected chi connectivity index (χ1v) is 9.23. The quantitative estimate of drug-likeness (QED) is 0.707. The van der Waals surface area contributed by atoms with Gasteiger partial charge in [0.2, 0.25) is 0 Å². The molecule has 2 aliphatic rings. The molecule has 25 heavy (non-hydrogen) atoms.